The molecule has 1 atom stereocenters. The van der Waals surface area contributed by atoms with Crippen LogP contribution in [0.2, 0.25) is 0 Å². The van der Waals surface area contributed by atoms with Crippen LogP contribution in [0.4, 0.5) is 18.9 Å². The zero-order chi connectivity index (χ0) is 31.5. The van der Waals surface area contributed by atoms with Crippen molar-refractivity contribution in [1.82, 2.24) is 14.4 Å². The van der Waals surface area contributed by atoms with Gasteiger partial charge in [-0.3, -0.25) is 9.78 Å². The maximum Gasteiger partial charge on any atom is 0.434 e. The minimum atomic E-state index is -5.10. The molecule has 4 rings (SSSR count). The minimum absolute atomic E-state index is 0.0140. The van der Waals surface area contributed by atoms with Crippen molar-refractivity contribution < 1.29 is 27.5 Å². The first-order chi connectivity index (χ1) is 20.3. The monoisotopic (exact) mass is 595 g/mol. The molecule has 11 nitrogen and oxygen atoms in total. The SMILES string of the molecule is CCC(OC(=O)c1ccc(N=O)cc1)(/C(N)=C/N(N)Cc1ccn2c(-c3ccc(C)nc3)c(C(N)=O)cc2c1)C(F)(F)F. The van der Waals surface area contributed by atoms with Gasteiger partial charge in [0.2, 0.25) is 5.60 Å². The number of alkyl halides is 3. The molecule has 0 aliphatic carbocycles. The van der Waals surface area contributed by atoms with E-state index in [0.29, 0.717) is 22.3 Å². The second kappa shape index (κ2) is 11.9. The Morgan fingerprint density at radius 1 is 1.09 bits per heavy atom. The summed E-state index contributed by atoms with van der Waals surface area (Å²) in [5.74, 6) is 4.09. The van der Waals surface area contributed by atoms with Crippen LogP contribution in [0.1, 0.15) is 45.3 Å². The Morgan fingerprint density at radius 3 is 2.35 bits per heavy atom. The molecule has 0 spiro atoms. The summed E-state index contributed by atoms with van der Waals surface area (Å²) < 4.78 is 49.9. The van der Waals surface area contributed by atoms with E-state index in [2.05, 4.69) is 10.2 Å². The maximum absolute atomic E-state index is 14.4. The smallest absolute Gasteiger partial charge is 0.434 e. The Morgan fingerprint density at radius 2 is 1.79 bits per heavy atom. The van der Waals surface area contributed by atoms with Gasteiger partial charge in [-0.1, -0.05) is 6.92 Å². The van der Waals surface area contributed by atoms with E-state index >= 15 is 0 Å². The summed E-state index contributed by atoms with van der Waals surface area (Å²) in [7, 11) is 0. The number of hydrazine groups is 1. The second-order valence-electron chi connectivity index (χ2n) is 9.75. The molecule has 1 unspecified atom stereocenters. The molecule has 14 heteroatoms. The number of pyridine rings is 2. The number of esters is 1. The summed E-state index contributed by atoms with van der Waals surface area (Å²) in [6.07, 6.45) is -1.69. The van der Waals surface area contributed by atoms with E-state index in [0.717, 1.165) is 29.0 Å². The molecule has 1 amide bonds. The van der Waals surface area contributed by atoms with Crippen molar-refractivity contribution in [3.05, 3.63) is 106 Å². The van der Waals surface area contributed by atoms with Gasteiger partial charge in [0.25, 0.3) is 5.91 Å². The number of hydrogen-bond donors (Lipinski definition) is 3. The van der Waals surface area contributed by atoms with Gasteiger partial charge < -0.3 is 25.6 Å². The first kappa shape index (κ1) is 30.7. The number of rotatable bonds is 10. The minimum Gasteiger partial charge on any atom is -0.439 e. The first-order valence-electron chi connectivity index (χ1n) is 12.9. The van der Waals surface area contributed by atoms with Crippen molar-refractivity contribution in [2.24, 2.45) is 22.5 Å². The van der Waals surface area contributed by atoms with E-state index < -0.39 is 35.8 Å². The van der Waals surface area contributed by atoms with Crippen molar-refractivity contribution in [3.8, 4) is 11.3 Å². The second-order valence-corrected chi connectivity index (χ2v) is 9.75. The average Bonchev–Trinajstić information content (AvgIpc) is 3.34. The lowest BCUT2D eigenvalue weighted by atomic mass is 9.95. The molecule has 4 aromatic rings. The van der Waals surface area contributed by atoms with Gasteiger partial charge in [-0.05, 0) is 78.7 Å². The number of fused-ring (bicyclic) bond motifs is 1. The van der Waals surface area contributed by atoms with Crippen molar-refractivity contribution in [3.63, 3.8) is 0 Å². The predicted octanol–water partition coefficient (Wildman–Crippen LogP) is 4.85. The highest BCUT2D eigenvalue weighted by Crippen LogP contribution is 2.41. The van der Waals surface area contributed by atoms with Crippen LogP contribution in [0, 0.1) is 11.8 Å². The number of carbonyl (C=O) groups is 2. The molecular weight excluding hydrogens is 567 g/mol. The number of carbonyl (C=O) groups excluding carboxylic acids is 2. The highest BCUT2D eigenvalue weighted by Gasteiger charge is 2.59. The van der Waals surface area contributed by atoms with Crippen molar-refractivity contribution in [2.75, 3.05) is 0 Å². The third kappa shape index (κ3) is 6.18. The number of amides is 1. The quantitative estimate of drug-likeness (QED) is 0.101. The van der Waals surface area contributed by atoms with Crippen LogP contribution < -0.4 is 17.3 Å². The van der Waals surface area contributed by atoms with Crippen molar-refractivity contribution >= 4 is 23.1 Å². The molecule has 0 radical (unpaired) electrons. The summed E-state index contributed by atoms with van der Waals surface area (Å²) in [4.78, 5) is 39.8. The summed E-state index contributed by atoms with van der Waals surface area (Å²) in [6, 6.07) is 13.1. The van der Waals surface area contributed by atoms with E-state index in [1.165, 1.54) is 19.1 Å². The number of nitroso groups, excluding NO2 is 1. The molecule has 224 valence electrons. The van der Waals surface area contributed by atoms with Gasteiger partial charge in [-0.2, -0.15) is 13.2 Å². The largest absolute Gasteiger partial charge is 0.439 e. The van der Waals surface area contributed by atoms with Gasteiger partial charge in [0, 0.05) is 35.4 Å². The zero-order valence-corrected chi connectivity index (χ0v) is 23.1. The Kier molecular flexibility index (Phi) is 8.52. The summed E-state index contributed by atoms with van der Waals surface area (Å²) >= 11 is 0. The normalized spacial score (nSPS) is 13.4. The topological polar surface area (TPSA) is 171 Å². The van der Waals surface area contributed by atoms with E-state index in [-0.39, 0.29) is 23.4 Å². The number of primary amides is 1. The number of ether oxygens (including phenoxy) is 1. The molecule has 0 saturated carbocycles. The molecule has 0 aliphatic heterocycles. The van der Waals surface area contributed by atoms with Gasteiger partial charge in [0.05, 0.1) is 29.1 Å². The number of halogens is 3. The summed E-state index contributed by atoms with van der Waals surface area (Å²) in [5.41, 5.74) is 10.7. The number of nitrogens with two attached hydrogens (primary N) is 3. The maximum atomic E-state index is 14.4. The number of aromatic nitrogens is 2. The highest BCUT2D eigenvalue weighted by atomic mass is 19.4. The average molecular weight is 596 g/mol. The lowest BCUT2D eigenvalue weighted by Crippen LogP contribution is -2.53. The predicted molar refractivity (Wildman–Crippen MR) is 152 cm³/mol. The fourth-order valence-electron chi connectivity index (χ4n) is 4.59. The van der Waals surface area contributed by atoms with Gasteiger partial charge >= 0.3 is 12.1 Å². The summed E-state index contributed by atoms with van der Waals surface area (Å²) in [5, 5.41) is 3.62. The van der Waals surface area contributed by atoms with Crippen LogP contribution in [0.15, 0.2) is 84.1 Å². The standard InChI is InChI=1S/C29H28F3N7O4/c1-3-28(29(30,31)32,43-27(41)19-6-8-21(37-42)9-7-19)24(33)16-38(35)15-18-10-11-39-22(12-18)13-23(26(34)40)25(39)20-5-4-17(2)36-14-20/h4-14,16H,3,15,33,35H2,1-2H3,(H2,34,40)/b24-16-. The van der Waals surface area contributed by atoms with Crippen LogP contribution in [0.3, 0.4) is 0 Å². The fourth-order valence-corrected chi connectivity index (χ4v) is 4.59. The van der Waals surface area contributed by atoms with E-state index in [9.17, 15) is 27.7 Å². The highest BCUT2D eigenvalue weighted by molar-refractivity contribution is 6.01. The lowest BCUT2D eigenvalue weighted by Gasteiger charge is -2.35. The van der Waals surface area contributed by atoms with Crippen LogP contribution >= 0.6 is 0 Å². The third-order valence-electron chi connectivity index (χ3n) is 6.86. The van der Waals surface area contributed by atoms with E-state index in [1.54, 1.807) is 41.1 Å². The molecule has 3 heterocycles. The van der Waals surface area contributed by atoms with Gasteiger partial charge in [-0.25, -0.2) is 10.6 Å². The fraction of sp³-hybridized carbons (Fsp3) is 0.207. The molecule has 0 bridgehead atoms. The Balaban J connectivity index is 1.63. The van der Waals surface area contributed by atoms with Crippen LogP contribution in [0.5, 0.6) is 0 Å². The van der Waals surface area contributed by atoms with E-state index in [1.807, 2.05) is 13.0 Å². The van der Waals surface area contributed by atoms with Crippen LogP contribution in [-0.4, -0.2) is 38.0 Å². The van der Waals surface area contributed by atoms with Crippen molar-refractivity contribution in [2.45, 2.75) is 38.6 Å². The molecule has 3 aromatic heterocycles. The van der Waals surface area contributed by atoms with Gasteiger partial charge in [-0.15, -0.1) is 4.91 Å². The summed E-state index contributed by atoms with van der Waals surface area (Å²) in [6.45, 7) is 2.90. The molecule has 0 fully saturated rings. The molecule has 0 saturated heterocycles. The number of aryl methyl sites for hydroxylation is 1. The molecule has 0 aliphatic rings. The van der Waals surface area contributed by atoms with Gasteiger partial charge in [0.1, 0.15) is 5.69 Å². The Bertz CT molecular complexity index is 1700. The molecule has 6 N–H and O–H groups in total. The number of benzene rings is 1. The molecule has 1 aromatic carbocycles. The van der Waals surface area contributed by atoms with Gasteiger partial charge in [0.15, 0.2) is 0 Å². The lowest BCUT2D eigenvalue weighted by molar-refractivity contribution is -0.245. The number of hydrogen-bond acceptors (Lipinski definition) is 9. The first-order valence-corrected chi connectivity index (χ1v) is 12.9. The Hall–Kier alpha value is -5.24. The van der Waals surface area contributed by atoms with Crippen LogP contribution in [0.25, 0.3) is 16.8 Å². The molecular formula is C29H28F3N7O4. The Labute approximate surface area is 243 Å². The van der Waals surface area contributed by atoms with Crippen molar-refractivity contribution in [1.29, 1.82) is 0 Å². The molecule has 43 heavy (non-hydrogen) atoms. The zero-order valence-electron chi connectivity index (χ0n) is 23.1. The van der Waals surface area contributed by atoms with Crippen LogP contribution in [-0.2, 0) is 11.3 Å². The van der Waals surface area contributed by atoms with E-state index in [4.69, 9.17) is 22.0 Å². The number of nitrogens with zero attached hydrogens (tertiary/aromatic N) is 4. The third-order valence-corrected chi connectivity index (χ3v) is 6.86.